The highest BCUT2D eigenvalue weighted by Gasteiger charge is 2.17. The number of ether oxygens (including phenoxy) is 1. The molecular weight excluding hydrogens is 274 g/mol. The van der Waals surface area contributed by atoms with E-state index in [0.29, 0.717) is 18.6 Å². The zero-order valence-electron chi connectivity index (χ0n) is 10.8. The number of nitrogens with zero attached hydrogens (tertiary/aromatic N) is 1. The summed E-state index contributed by atoms with van der Waals surface area (Å²) in [6.45, 7) is 2.12. The molecule has 0 amide bonds. The van der Waals surface area contributed by atoms with Crippen LogP contribution in [0.25, 0.3) is 0 Å². The summed E-state index contributed by atoms with van der Waals surface area (Å²) in [5, 5.41) is 9.70. The predicted molar refractivity (Wildman–Crippen MR) is 68.8 cm³/mol. The van der Waals surface area contributed by atoms with E-state index in [4.69, 9.17) is 9.29 Å². The summed E-state index contributed by atoms with van der Waals surface area (Å²) in [5.74, 6) is -1.000. The molecule has 0 spiro atoms. The molecule has 1 aromatic heterocycles. The summed E-state index contributed by atoms with van der Waals surface area (Å²) >= 11 is 0. The molecule has 108 valence electrons. The van der Waals surface area contributed by atoms with E-state index in [1.54, 1.807) is 0 Å². The normalized spacial score (nSPS) is 11.7. The van der Waals surface area contributed by atoms with Crippen LogP contribution in [-0.2, 0) is 27.2 Å². The molecule has 8 heteroatoms. The number of methoxy groups -OCH3 is 1. The molecule has 7 nitrogen and oxygen atoms in total. The van der Waals surface area contributed by atoms with Gasteiger partial charge in [0.15, 0.2) is 5.88 Å². The van der Waals surface area contributed by atoms with Crippen LogP contribution in [0.2, 0.25) is 0 Å². The molecule has 0 unspecified atom stereocenters. The molecule has 0 fully saturated rings. The van der Waals surface area contributed by atoms with Gasteiger partial charge in [-0.05, 0) is 18.9 Å². The lowest BCUT2D eigenvalue weighted by Crippen LogP contribution is -2.27. The standard InChI is InChI=1S/C11H17NO6S/c1-8-6-10(13)12(4-3-5-18-2)11(14)9(8)7-19(15,16)17/h6,13H,3-5,7H2,1-2H3,(H,15,16,17). The second-order valence-electron chi connectivity index (χ2n) is 4.19. The van der Waals surface area contributed by atoms with Crippen molar-refractivity contribution in [1.29, 1.82) is 0 Å². The lowest BCUT2D eigenvalue weighted by atomic mass is 10.2. The second kappa shape index (κ2) is 6.18. The SMILES string of the molecule is COCCCn1c(O)cc(C)c(CS(=O)(=O)O)c1=O. The average Bonchev–Trinajstić information content (AvgIpc) is 2.28. The van der Waals surface area contributed by atoms with Gasteiger partial charge in [0.05, 0.1) is 0 Å². The fraction of sp³-hybridized carbons (Fsp3) is 0.545. The van der Waals surface area contributed by atoms with E-state index in [0.717, 1.165) is 4.57 Å². The van der Waals surface area contributed by atoms with Crippen molar-refractivity contribution in [2.75, 3.05) is 13.7 Å². The van der Waals surface area contributed by atoms with Crippen LogP contribution in [0.15, 0.2) is 10.9 Å². The van der Waals surface area contributed by atoms with Gasteiger partial charge in [0.1, 0.15) is 5.75 Å². The predicted octanol–water partition coefficient (Wildman–Crippen LogP) is 0.287. The minimum Gasteiger partial charge on any atom is -0.494 e. The molecule has 0 saturated heterocycles. The van der Waals surface area contributed by atoms with Crippen molar-refractivity contribution in [2.24, 2.45) is 0 Å². The van der Waals surface area contributed by atoms with Crippen molar-refractivity contribution in [3.63, 3.8) is 0 Å². The number of aromatic hydroxyl groups is 1. The van der Waals surface area contributed by atoms with Crippen molar-refractivity contribution in [2.45, 2.75) is 25.6 Å². The number of hydrogen-bond acceptors (Lipinski definition) is 5. The fourth-order valence-corrected chi connectivity index (χ4v) is 2.45. The first-order valence-electron chi connectivity index (χ1n) is 5.62. The third-order valence-electron chi connectivity index (χ3n) is 2.66. The van der Waals surface area contributed by atoms with Gasteiger partial charge in [-0.2, -0.15) is 8.42 Å². The molecule has 0 atom stereocenters. The van der Waals surface area contributed by atoms with Gasteiger partial charge in [0.25, 0.3) is 15.7 Å². The largest absolute Gasteiger partial charge is 0.494 e. The Kier molecular flexibility index (Phi) is 5.10. The lowest BCUT2D eigenvalue weighted by molar-refractivity contribution is 0.188. The van der Waals surface area contributed by atoms with Gasteiger partial charge in [-0.1, -0.05) is 0 Å². The molecule has 0 aliphatic heterocycles. The molecule has 0 aliphatic rings. The van der Waals surface area contributed by atoms with Gasteiger partial charge in [-0.15, -0.1) is 0 Å². The summed E-state index contributed by atoms with van der Waals surface area (Å²) in [5.41, 5.74) is -0.341. The summed E-state index contributed by atoms with van der Waals surface area (Å²) < 4.78 is 36.5. The summed E-state index contributed by atoms with van der Waals surface area (Å²) in [4.78, 5) is 12.1. The van der Waals surface area contributed by atoms with Crippen molar-refractivity contribution in [3.8, 4) is 5.88 Å². The quantitative estimate of drug-likeness (QED) is 0.576. The molecule has 1 aromatic rings. The van der Waals surface area contributed by atoms with Crippen LogP contribution in [0.5, 0.6) is 5.88 Å². The van der Waals surface area contributed by atoms with Crippen molar-refractivity contribution in [3.05, 3.63) is 27.5 Å². The Bertz CT molecular complexity index is 604. The molecule has 19 heavy (non-hydrogen) atoms. The average molecular weight is 291 g/mol. The first kappa shape index (κ1) is 15.7. The Morgan fingerprint density at radius 2 is 2.05 bits per heavy atom. The van der Waals surface area contributed by atoms with Gasteiger partial charge in [0.2, 0.25) is 0 Å². The van der Waals surface area contributed by atoms with E-state index >= 15 is 0 Å². The van der Waals surface area contributed by atoms with E-state index in [1.807, 2.05) is 0 Å². The molecule has 0 saturated carbocycles. The minimum absolute atomic E-state index is 0.0438. The zero-order valence-corrected chi connectivity index (χ0v) is 11.6. The molecule has 1 rings (SSSR count). The Morgan fingerprint density at radius 1 is 1.42 bits per heavy atom. The number of hydrogen-bond donors (Lipinski definition) is 2. The zero-order chi connectivity index (χ0) is 14.6. The van der Waals surface area contributed by atoms with Gasteiger partial charge < -0.3 is 9.84 Å². The van der Waals surface area contributed by atoms with Gasteiger partial charge in [-0.25, -0.2) is 0 Å². The molecule has 0 aromatic carbocycles. The highest BCUT2D eigenvalue weighted by molar-refractivity contribution is 7.85. The first-order chi connectivity index (χ1) is 8.76. The van der Waals surface area contributed by atoms with Gasteiger partial charge in [-0.3, -0.25) is 13.9 Å². The van der Waals surface area contributed by atoms with Crippen LogP contribution in [-0.4, -0.2) is 36.4 Å². The summed E-state index contributed by atoms with van der Waals surface area (Å²) in [6.07, 6.45) is 0.498. The molecule has 1 heterocycles. The van der Waals surface area contributed by atoms with Crippen LogP contribution < -0.4 is 5.56 Å². The second-order valence-corrected chi connectivity index (χ2v) is 5.65. The highest BCUT2D eigenvalue weighted by Crippen LogP contribution is 2.14. The Balaban J connectivity index is 3.19. The van der Waals surface area contributed by atoms with Crippen molar-refractivity contribution < 1.29 is 22.8 Å². The number of rotatable bonds is 6. The topological polar surface area (TPSA) is 106 Å². The third-order valence-corrected chi connectivity index (χ3v) is 3.31. The van der Waals surface area contributed by atoms with Crippen LogP contribution >= 0.6 is 0 Å². The smallest absolute Gasteiger partial charge is 0.269 e. The van der Waals surface area contributed by atoms with Gasteiger partial charge in [0, 0.05) is 31.9 Å². The Morgan fingerprint density at radius 3 is 2.58 bits per heavy atom. The summed E-state index contributed by atoms with van der Waals surface area (Å²) in [7, 11) is -2.78. The fourth-order valence-electron chi connectivity index (χ4n) is 1.74. The van der Waals surface area contributed by atoms with Crippen LogP contribution in [0.4, 0.5) is 0 Å². The Hall–Kier alpha value is -1.38. The van der Waals surface area contributed by atoms with E-state index in [2.05, 4.69) is 0 Å². The minimum atomic E-state index is -4.30. The number of pyridine rings is 1. The maximum Gasteiger partial charge on any atom is 0.269 e. The number of aromatic nitrogens is 1. The molecular formula is C11H17NO6S. The van der Waals surface area contributed by atoms with Crippen LogP contribution in [0.1, 0.15) is 17.5 Å². The number of aryl methyl sites for hydroxylation is 1. The molecule has 0 bridgehead atoms. The van der Waals surface area contributed by atoms with Gasteiger partial charge >= 0.3 is 0 Å². The summed E-state index contributed by atoms with van der Waals surface area (Å²) in [6, 6.07) is 1.30. The van der Waals surface area contributed by atoms with E-state index in [1.165, 1.54) is 20.1 Å². The molecule has 0 radical (unpaired) electrons. The van der Waals surface area contributed by atoms with E-state index < -0.39 is 21.4 Å². The highest BCUT2D eigenvalue weighted by atomic mass is 32.2. The maximum atomic E-state index is 12.1. The lowest BCUT2D eigenvalue weighted by Gasteiger charge is -2.12. The van der Waals surface area contributed by atoms with E-state index in [-0.39, 0.29) is 18.0 Å². The van der Waals surface area contributed by atoms with Crippen LogP contribution in [0.3, 0.4) is 0 Å². The van der Waals surface area contributed by atoms with Crippen LogP contribution in [0, 0.1) is 6.92 Å². The van der Waals surface area contributed by atoms with Crippen molar-refractivity contribution in [1.82, 2.24) is 4.57 Å². The van der Waals surface area contributed by atoms with Crippen molar-refractivity contribution >= 4 is 10.1 Å². The third kappa shape index (κ3) is 4.34. The monoisotopic (exact) mass is 291 g/mol. The van der Waals surface area contributed by atoms with E-state index in [9.17, 15) is 18.3 Å². The Labute approximate surface area is 111 Å². The first-order valence-corrected chi connectivity index (χ1v) is 7.23. The molecule has 0 aliphatic carbocycles. The maximum absolute atomic E-state index is 12.1. The molecule has 2 N–H and O–H groups in total.